The van der Waals surface area contributed by atoms with E-state index in [-0.39, 0.29) is 18.6 Å². The molecule has 2 N–H and O–H groups in total. The van der Waals surface area contributed by atoms with Gasteiger partial charge in [-0.25, -0.2) is 0 Å². The SMILES string of the molecule is CC(C)Oc1cccc(C(O)CNC(=O)C2c3ccccc3Oc3ccccc32)c1. The van der Waals surface area contributed by atoms with Gasteiger partial charge >= 0.3 is 0 Å². The summed E-state index contributed by atoms with van der Waals surface area (Å²) < 4.78 is 11.6. The maximum atomic E-state index is 13.2. The van der Waals surface area contributed by atoms with E-state index in [1.165, 1.54) is 0 Å². The summed E-state index contributed by atoms with van der Waals surface area (Å²) in [4.78, 5) is 13.2. The van der Waals surface area contributed by atoms with Gasteiger partial charge in [-0.15, -0.1) is 0 Å². The van der Waals surface area contributed by atoms with E-state index in [9.17, 15) is 9.90 Å². The van der Waals surface area contributed by atoms with Crippen LogP contribution in [-0.2, 0) is 4.79 Å². The average Bonchev–Trinajstić information content (AvgIpc) is 2.75. The molecule has 1 aliphatic rings. The quantitative estimate of drug-likeness (QED) is 0.633. The number of aliphatic hydroxyl groups excluding tert-OH is 1. The molecule has 0 spiro atoms. The molecule has 1 aliphatic heterocycles. The maximum Gasteiger partial charge on any atom is 0.232 e. The van der Waals surface area contributed by atoms with Crippen LogP contribution in [0, 0.1) is 0 Å². The van der Waals surface area contributed by atoms with Crippen LogP contribution in [0.3, 0.4) is 0 Å². The third-order valence-corrected chi connectivity index (χ3v) is 5.03. The van der Waals surface area contributed by atoms with Gasteiger partial charge in [0.15, 0.2) is 0 Å². The number of carbonyl (C=O) groups excluding carboxylic acids is 1. The van der Waals surface area contributed by atoms with Crippen molar-refractivity contribution in [2.45, 2.75) is 32.0 Å². The summed E-state index contributed by atoms with van der Waals surface area (Å²) in [6, 6.07) is 22.4. The van der Waals surface area contributed by atoms with Gasteiger partial charge in [0, 0.05) is 17.7 Å². The maximum absolute atomic E-state index is 13.2. The molecule has 4 rings (SSSR count). The molecule has 1 atom stereocenters. The van der Waals surface area contributed by atoms with E-state index in [0.717, 1.165) is 11.1 Å². The van der Waals surface area contributed by atoms with Crippen LogP contribution in [0.25, 0.3) is 0 Å². The zero-order valence-corrected chi connectivity index (χ0v) is 17.0. The van der Waals surface area contributed by atoms with Crippen molar-refractivity contribution in [1.82, 2.24) is 5.32 Å². The predicted octanol–water partition coefficient (Wildman–Crippen LogP) is 4.56. The molecule has 5 nitrogen and oxygen atoms in total. The Labute approximate surface area is 176 Å². The zero-order chi connectivity index (χ0) is 21.1. The number of benzene rings is 3. The topological polar surface area (TPSA) is 67.8 Å². The second-order valence-corrected chi connectivity index (χ2v) is 7.61. The molecule has 0 aliphatic carbocycles. The molecule has 0 radical (unpaired) electrons. The Kier molecular flexibility index (Phi) is 5.72. The Morgan fingerprint density at radius 1 is 1.00 bits per heavy atom. The molecule has 30 heavy (non-hydrogen) atoms. The van der Waals surface area contributed by atoms with E-state index in [1.807, 2.05) is 80.6 Å². The number of carbonyl (C=O) groups is 1. The third-order valence-electron chi connectivity index (χ3n) is 5.03. The smallest absolute Gasteiger partial charge is 0.232 e. The van der Waals surface area contributed by atoms with Gasteiger partial charge in [-0.3, -0.25) is 4.79 Å². The van der Waals surface area contributed by atoms with Gasteiger partial charge < -0.3 is 19.9 Å². The Balaban J connectivity index is 1.51. The lowest BCUT2D eigenvalue weighted by molar-refractivity contribution is -0.122. The van der Waals surface area contributed by atoms with E-state index < -0.39 is 12.0 Å². The number of hydrogen-bond acceptors (Lipinski definition) is 4. The zero-order valence-electron chi connectivity index (χ0n) is 17.0. The van der Waals surface area contributed by atoms with Crippen molar-refractivity contribution in [3.8, 4) is 17.2 Å². The van der Waals surface area contributed by atoms with Crippen molar-refractivity contribution < 1.29 is 19.4 Å². The van der Waals surface area contributed by atoms with Gasteiger partial charge in [0.25, 0.3) is 0 Å². The van der Waals surface area contributed by atoms with Crippen molar-refractivity contribution in [3.05, 3.63) is 89.5 Å². The monoisotopic (exact) mass is 403 g/mol. The summed E-state index contributed by atoms with van der Waals surface area (Å²) >= 11 is 0. The molecule has 1 amide bonds. The van der Waals surface area contributed by atoms with Crippen molar-refractivity contribution >= 4 is 5.91 Å². The van der Waals surface area contributed by atoms with Crippen LogP contribution >= 0.6 is 0 Å². The first kappa shape index (κ1) is 20.0. The molecular weight excluding hydrogens is 378 g/mol. The number of fused-ring (bicyclic) bond motifs is 2. The number of aliphatic hydroxyl groups is 1. The average molecular weight is 403 g/mol. The fourth-order valence-corrected chi connectivity index (χ4v) is 3.68. The number of amides is 1. The fourth-order valence-electron chi connectivity index (χ4n) is 3.68. The molecule has 0 fully saturated rings. The highest BCUT2D eigenvalue weighted by molar-refractivity contribution is 5.89. The van der Waals surface area contributed by atoms with E-state index in [4.69, 9.17) is 9.47 Å². The summed E-state index contributed by atoms with van der Waals surface area (Å²) in [5.41, 5.74) is 2.33. The molecule has 1 unspecified atom stereocenters. The predicted molar refractivity (Wildman–Crippen MR) is 115 cm³/mol. The molecule has 154 valence electrons. The minimum Gasteiger partial charge on any atom is -0.491 e. The molecule has 3 aromatic carbocycles. The van der Waals surface area contributed by atoms with Gasteiger partial charge in [-0.1, -0.05) is 48.5 Å². The standard InChI is InChI=1S/C25H25NO4/c1-16(2)29-18-9-7-8-17(14-18)21(27)15-26-25(28)24-19-10-3-5-12-22(19)30-23-13-6-4-11-20(23)24/h3-14,16,21,24,27H,15H2,1-2H3,(H,26,28). The molecular formula is C25H25NO4. The van der Waals surface area contributed by atoms with Crippen molar-refractivity contribution in [2.24, 2.45) is 0 Å². The van der Waals surface area contributed by atoms with Crippen LogP contribution in [-0.4, -0.2) is 23.7 Å². The van der Waals surface area contributed by atoms with Gasteiger partial charge in [-0.05, 0) is 43.7 Å². The van der Waals surface area contributed by atoms with Crippen molar-refractivity contribution in [1.29, 1.82) is 0 Å². The van der Waals surface area contributed by atoms with Gasteiger partial charge in [-0.2, -0.15) is 0 Å². The third kappa shape index (κ3) is 4.16. The lowest BCUT2D eigenvalue weighted by Crippen LogP contribution is -2.34. The second kappa shape index (κ2) is 8.59. The lowest BCUT2D eigenvalue weighted by Gasteiger charge is -2.27. The first-order valence-electron chi connectivity index (χ1n) is 10.1. The summed E-state index contributed by atoms with van der Waals surface area (Å²) in [5, 5.41) is 13.5. The lowest BCUT2D eigenvalue weighted by atomic mass is 9.87. The number of nitrogens with one attached hydrogen (secondary N) is 1. The Hall–Kier alpha value is -3.31. The van der Waals surface area contributed by atoms with Gasteiger partial charge in [0.05, 0.1) is 18.1 Å². The minimum atomic E-state index is -0.838. The number of para-hydroxylation sites is 2. The summed E-state index contributed by atoms with van der Waals surface area (Å²) in [6.45, 7) is 4.01. The van der Waals surface area contributed by atoms with E-state index >= 15 is 0 Å². The van der Waals surface area contributed by atoms with Crippen LogP contribution in [0.4, 0.5) is 0 Å². The highest BCUT2D eigenvalue weighted by Gasteiger charge is 2.32. The summed E-state index contributed by atoms with van der Waals surface area (Å²) in [7, 11) is 0. The van der Waals surface area contributed by atoms with E-state index in [1.54, 1.807) is 6.07 Å². The highest BCUT2D eigenvalue weighted by atomic mass is 16.5. The normalized spacial score (nSPS) is 13.7. The Morgan fingerprint density at radius 2 is 1.63 bits per heavy atom. The number of hydrogen-bond donors (Lipinski definition) is 2. The fraction of sp³-hybridized carbons (Fsp3) is 0.240. The molecule has 0 saturated carbocycles. The van der Waals surface area contributed by atoms with Crippen LogP contribution < -0.4 is 14.8 Å². The molecule has 3 aromatic rings. The van der Waals surface area contributed by atoms with Crippen molar-refractivity contribution in [3.63, 3.8) is 0 Å². The first-order chi connectivity index (χ1) is 14.5. The minimum absolute atomic E-state index is 0.0470. The summed E-state index contributed by atoms with van der Waals surface area (Å²) in [6.07, 6.45) is -0.791. The number of ether oxygens (including phenoxy) is 2. The first-order valence-corrected chi connectivity index (χ1v) is 10.1. The molecule has 5 heteroatoms. The number of rotatable bonds is 6. The summed E-state index contributed by atoms with van der Waals surface area (Å²) in [5.74, 6) is 1.38. The Morgan fingerprint density at radius 3 is 2.27 bits per heavy atom. The van der Waals surface area contributed by atoms with E-state index in [2.05, 4.69) is 5.32 Å². The van der Waals surface area contributed by atoms with Crippen LogP contribution in [0.2, 0.25) is 0 Å². The molecule has 1 heterocycles. The molecule has 0 aromatic heterocycles. The van der Waals surface area contributed by atoms with Gasteiger partial charge in [0.2, 0.25) is 5.91 Å². The Bertz CT molecular complexity index is 1000. The van der Waals surface area contributed by atoms with E-state index in [0.29, 0.717) is 22.8 Å². The van der Waals surface area contributed by atoms with Gasteiger partial charge in [0.1, 0.15) is 17.2 Å². The van der Waals surface area contributed by atoms with Crippen LogP contribution in [0.15, 0.2) is 72.8 Å². The van der Waals surface area contributed by atoms with Crippen LogP contribution in [0.5, 0.6) is 17.2 Å². The highest BCUT2D eigenvalue weighted by Crippen LogP contribution is 2.43. The second-order valence-electron chi connectivity index (χ2n) is 7.61. The molecule has 0 saturated heterocycles. The largest absolute Gasteiger partial charge is 0.491 e. The molecule has 0 bridgehead atoms. The van der Waals surface area contributed by atoms with Crippen LogP contribution in [0.1, 0.15) is 42.6 Å². The van der Waals surface area contributed by atoms with Crippen molar-refractivity contribution in [2.75, 3.05) is 6.54 Å².